The van der Waals surface area contributed by atoms with Gasteiger partial charge in [0.05, 0.1) is 29.1 Å². The normalized spacial score (nSPS) is 13.0. The van der Waals surface area contributed by atoms with Gasteiger partial charge in [-0.05, 0) is 43.3 Å². The highest BCUT2D eigenvalue weighted by atomic mass is 16.2. The van der Waals surface area contributed by atoms with E-state index in [2.05, 4.69) is 5.10 Å². The Morgan fingerprint density at radius 3 is 2.34 bits per heavy atom. The van der Waals surface area contributed by atoms with Crippen LogP contribution in [0.25, 0.3) is 0 Å². The standard InChI is InChI=1S/C22H20N4O3/c1-3-25-17(11-12-23-25)14-24(2)20(27)15-7-6-8-16(13-15)26-21(28)18-9-4-5-10-19(18)22(26)29/h4-13H,3,14H2,1-2H3. The fraction of sp³-hybridized carbons (Fsp3) is 0.182. The molecule has 2 aromatic carbocycles. The van der Waals surface area contributed by atoms with Gasteiger partial charge in [-0.3, -0.25) is 19.1 Å². The molecule has 0 radical (unpaired) electrons. The van der Waals surface area contributed by atoms with Gasteiger partial charge in [0.15, 0.2) is 0 Å². The zero-order chi connectivity index (χ0) is 20.5. The number of fused-ring (bicyclic) bond motifs is 1. The van der Waals surface area contributed by atoms with Crippen LogP contribution in [0.1, 0.15) is 43.7 Å². The van der Waals surface area contributed by atoms with E-state index in [1.165, 1.54) is 0 Å². The topological polar surface area (TPSA) is 75.5 Å². The molecule has 2 heterocycles. The van der Waals surface area contributed by atoms with Crippen molar-refractivity contribution in [1.29, 1.82) is 0 Å². The van der Waals surface area contributed by atoms with Gasteiger partial charge in [0.2, 0.25) is 0 Å². The van der Waals surface area contributed by atoms with E-state index in [0.29, 0.717) is 28.9 Å². The number of nitrogens with zero attached hydrogens (tertiary/aromatic N) is 4. The Kier molecular flexibility index (Phi) is 4.72. The van der Waals surface area contributed by atoms with Crippen molar-refractivity contribution in [3.05, 3.63) is 83.2 Å². The first-order valence-electron chi connectivity index (χ1n) is 9.35. The van der Waals surface area contributed by atoms with E-state index in [9.17, 15) is 14.4 Å². The Morgan fingerprint density at radius 2 is 1.69 bits per heavy atom. The molecule has 0 N–H and O–H groups in total. The first-order chi connectivity index (χ1) is 14.0. The fourth-order valence-electron chi connectivity index (χ4n) is 3.52. The van der Waals surface area contributed by atoms with Crippen molar-refractivity contribution < 1.29 is 14.4 Å². The Bertz CT molecular complexity index is 1080. The quantitative estimate of drug-likeness (QED) is 0.630. The highest BCUT2D eigenvalue weighted by Gasteiger charge is 2.36. The maximum Gasteiger partial charge on any atom is 0.266 e. The Hall–Kier alpha value is -3.74. The molecule has 0 atom stereocenters. The molecule has 1 aromatic heterocycles. The Balaban J connectivity index is 1.59. The molecule has 0 saturated heterocycles. The van der Waals surface area contributed by atoms with Crippen molar-refractivity contribution in [2.75, 3.05) is 11.9 Å². The van der Waals surface area contributed by atoms with Gasteiger partial charge >= 0.3 is 0 Å². The zero-order valence-electron chi connectivity index (χ0n) is 16.2. The van der Waals surface area contributed by atoms with Crippen LogP contribution in [0.5, 0.6) is 0 Å². The molecule has 1 aliphatic heterocycles. The monoisotopic (exact) mass is 388 g/mol. The molecule has 7 nitrogen and oxygen atoms in total. The van der Waals surface area contributed by atoms with E-state index in [4.69, 9.17) is 0 Å². The van der Waals surface area contributed by atoms with Gasteiger partial charge in [0.25, 0.3) is 17.7 Å². The average Bonchev–Trinajstić information content (AvgIpc) is 3.29. The molecule has 4 rings (SSSR count). The molecule has 0 spiro atoms. The summed E-state index contributed by atoms with van der Waals surface area (Å²) >= 11 is 0. The second-order valence-electron chi connectivity index (χ2n) is 6.84. The fourth-order valence-corrected chi connectivity index (χ4v) is 3.52. The van der Waals surface area contributed by atoms with E-state index in [1.807, 2.05) is 17.7 Å². The highest BCUT2D eigenvalue weighted by Crippen LogP contribution is 2.29. The molecule has 29 heavy (non-hydrogen) atoms. The van der Waals surface area contributed by atoms with E-state index < -0.39 is 0 Å². The van der Waals surface area contributed by atoms with Crippen molar-refractivity contribution in [2.45, 2.75) is 20.0 Å². The Morgan fingerprint density at radius 1 is 1.00 bits per heavy atom. The number of rotatable bonds is 5. The lowest BCUT2D eigenvalue weighted by molar-refractivity contribution is 0.0780. The van der Waals surface area contributed by atoms with E-state index >= 15 is 0 Å². The minimum atomic E-state index is -0.379. The van der Waals surface area contributed by atoms with Gasteiger partial charge in [-0.15, -0.1) is 0 Å². The lowest BCUT2D eigenvalue weighted by Gasteiger charge is -2.19. The summed E-state index contributed by atoms with van der Waals surface area (Å²) in [5.74, 6) is -0.960. The van der Waals surface area contributed by atoms with Crippen molar-refractivity contribution >= 4 is 23.4 Å². The summed E-state index contributed by atoms with van der Waals surface area (Å²) in [6, 6.07) is 15.2. The van der Waals surface area contributed by atoms with Crippen molar-refractivity contribution in [1.82, 2.24) is 14.7 Å². The van der Waals surface area contributed by atoms with Crippen LogP contribution < -0.4 is 4.90 Å². The molecule has 146 valence electrons. The first-order valence-corrected chi connectivity index (χ1v) is 9.35. The van der Waals surface area contributed by atoms with Crippen LogP contribution in [0.15, 0.2) is 60.8 Å². The number of imide groups is 1. The summed E-state index contributed by atoms with van der Waals surface area (Å²) in [6.07, 6.45) is 1.71. The first kappa shape index (κ1) is 18.6. The second-order valence-corrected chi connectivity index (χ2v) is 6.84. The number of carbonyl (C=O) groups is 3. The molecule has 7 heteroatoms. The molecule has 3 amide bonds. The minimum Gasteiger partial charge on any atom is -0.336 e. The van der Waals surface area contributed by atoms with E-state index in [1.54, 1.807) is 66.7 Å². The van der Waals surface area contributed by atoms with Gasteiger partial charge < -0.3 is 4.90 Å². The van der Waals surface area contributed by atoms with Crippen LogP contribution in [0.3, 0.4) is 0 Å². The molecule has 0 saturated carbocycles. The lowest BCUT2D eigenvalue weighted by Crippen LogP contribution is -2.30. The summed E-state index contributed by atoms with van der Waals surface area (Å²) in [4.78, 5) is 41.0. The molecular formula is C22H20N4O3. The van der Waals surface area contributed by atoms with Gasteiger partial charge in [-0.1, -0.05) is 18.2 Å². The third kappa shape index (κ3) is 3.20. The molecular weight excluding hydrogens is 368 g/mol. The number of amides is 3. The van der Waals surface area contributed by atoms with Gasteiger partial charge in [-0.2, -0.15) is 5.10 Å². The average molecular weight is 388 g/mol. The smallest absolute Gasteiger partial charge is 0.266 e. The summed E-state index contributed by atoms with van der Waals surface area (Å²) in [5.41, 5.74) is 2.47. The van der Waals surface area contributed by atoms with E-state index in [-0.39, 0.29) is 17.7 Å². The summed E-state index contributed by atoms with van der Waals surface area (Å²) < 4.78 is 1.83. The van der Waals surface area contributed by atoms with Crippen LogP contribution in [-0.2, 0) is 13.1 Å². The summed E-state index contributed by atoms with van der Waals surface area (Å²) in [7, 11) is 1.71. The molecule has 0 fully saturated rings. The Labute approximate surface area is 168 Å². The van der Waals surface area contributed by atoms with Gasteiger partial charge in [0.1, 0.15) is 0 Å². The molecule has 3 aromatic rings. The third-order valence-electron chi connectivity index (χ3n) is 5.00. The maximum absolute atomic E-state index is 12.9. The number of aryl methyl sites for hydroxylation is 1. The van der Waals surface area contributed by atoms with Crippen LogP contribution in [0, 0.1) is 0 Å². The number of anilines is 1. The number of hydrogen-bond acceptors (Lipinski definition) is 4. The van der Waals surface area contributed by atoms with Crippen molar-refractivity contribution in [3.63, 3.8) is 0 Å². The number of benzene rings is 2. The largest absolute Gasteiger partial charge is 0.336 e. The third-order valence-corrected chi connectivity index (χ3v) is 5.00. The van der Waals surface area contributed by atoms with Crippen LogP contribution >= 0.6 is 0 Å². The van der Waals surface area contributed by atoms with Crippen LogP contribution in [0.4, 0.5) is 5.69 Å². The molecule has 0 aliphatic carbocycles. The minimum absolute atomic E-state index is 0.202. The van der Waals surface area contributed by atoms with Gasteiger partial charge in [-0.25, -0.2) is 4.90 Å². The number of aromatic nitrogens is 2. The zero-order valence-corrected chi connectivity index (χ0v) is 16.2. The van der Waals surface area contributed by atoms with E-state index in [0.717, 1.165) is 17.1 Å². The number of hydrogen-bond donors (Lipinski definition) is 0. The van der Waals surface area contributed by atoms with Crippen molar-refractivity contribution in [2.24, 2.45) is 0 Å². The predicted octanol–water partition coefficient (Wildman–Crippen LogP) is 2.98. The lowest BCUT2D eigenvalue weighted by atomic mass is 10.1. The number of carbonyl (C=O) groups excluding carboxylic acids is 3. The molecule has 0 unspecified atom stereocenters. The molecule has 0 bridgehead atoms. The summed E-state index contributed by atoms with van der Waals surface area (Å²) in [5, 5.41) is 4.22. The van der Waals surface area contributed by atoms with Gasteiger partial charge in [0, 0.05) is 25.4 Å². The predicted molar refractivity (Wildman–Crippen MR) is 108 cm³/mol. The SMILES string of the molecule is CCn1nccc1CN(C)C(=O)c1cccc(N2C(=O)c3ccccc3C2=O)c1. The second kappa shape index (κ2) is 7.35. The van der Waals surface area contributed by atoms with Crippen molar-refractivity contribution in [3.8, 4) is 0 Å². The maximum atomic E-state index is 12.9. The van der Waals surface area contributed by atoms with Crippen LogP contribution in [0.2, 0.25) is 0 Å². The van der Waals surface area contributed by atoms with Crippen LogP contribution in [-0.4, -0.2) is 39.4 Å². The summed E-state index contributed by atoms with van der Waals surface area (Å²) in [6.45, 7) is 3.12. The molecule has 1 aliphatic rings. The highest BCUT2D eigenvalue weighted by molar-refractivity contribution is 6.34.